The first-order valence-corrected chi connectivity index (χ1v) is 14.2. The Morgan fingerprint density at radius 2 is 1.68 bits per heavy atom. The molecule has 41 heavy (non-hydrogen) atoms. The van der Waals surface area contributed by atoms with Gasteiger partial charge in [-0.3, -0.25) is 19.7 Å². The van der Waals surface area contributed by atoms with Gasteiger partial charge in [0.05, 0.1) is 18.0 Å². The van der Waals surface area contributed by atoms with Crippen molar-refractivity contribution in [2.24, 2.45) is 15.1 Å². The van der Waals surface area contributed by atoms with Gasteiger partial charge in [-0.15, -0.1) is 0 Å². The predicted molar refractivity (Wildman–Crippen MR) is 153 cm³/mol. The molecule has 12 heteroatoms. The van der Waals surface area contributed by atoms with Crippen LogP contribution in [0.4, 0.5) is 0 Å². The van der Waals surface area contributed by atoms with Crippen LogP contribution >= 0.6 is 11.6 Å². The van der Waals surface area contributed by atoms with Crippen molar-refractivity contribution in [1.82, 2.24) is 14.8 Å². The fourth-order valence-corrected chi connectivity index (χ4v) is 5.86. The van der Waals surface area contributed by atoms with Crippen LogP contribution in [0, 0.1) is 0 Å². The molecule has 4 aliphatic rings. The van der Waals surface area contributed by atoms with Gasteiger partial charge in [-0.05, 0) is 62.1 Å². The quantitative estimate of drug-likeness (QED) is 0.428. The van der Waals surface area contributed by atoms with E-state index in [0.717, 1.165) is 32.4 Å². The molecule has 2 unspecified atom stereocenters. The lowest BCUT2D eigenvalue weighted by Crippen LogP contribution is -2.62. The topological polar surface area (TPSA) is 120 Å². The number of esters is 1. The van der Waals surface area contributed by atoms with Gasteiger partial charge >= 0.3 is 5.97 Å². The number of piperidine rings is 1. The molecule has 6 rings (SSSR count). The molecule has 4 heterocycles. The van der Waals surface area contributed by atoms with Gasteiger partial charge in [0.25, 0.3) is 5.91 Å². The normalized spacial score (nSPS) is 30.4. The van der Waals surface area contributed by atoms with Gasteiger partial charge in [0.1, 0.15) is 12.3 Å². The standard InChI is InChI=1S/C29H31ClN6O5/c1-18-23(41-28(39)20-13-7-3-8-14-20)22(37)27(40-18)35-17-31-21-24(33-34-15-9-4-10-16-34)32-29(30)36(25(21)35)26(38)19-11-5-2-6-12-19/h2-3,5-8,11-14,17-18,21-23,25,27,37H,4,9-10,15-16H2,1H3/t18-,21?,22-,23-,25?,27-/m1/s1. The third-order valence-electron chi connectivity index (χ3n) is 7.69. The maximum absolute atomic E-state index is 13.8. The fourth-order valence-electron chi connectivity index (χ4n) is 5.59. The van der Waals surface area contributed by atoms with Crippen LogP contribution in [0.15, 0.2) is 75.7 Å². The second kappa shape index (κ2) is 11.6. The molecule has 2 fully saturated rings. The van der Waals surface area contributed by atoms with Gasteiger partial charge in [0.2, 0.25) is 5.29 Å². The molecule has 4 aliphatic heterocycles. The number of hydrogen-bond donors (Lipinski definition) is 1. The zero-order valence-corrected chi connectivity index (χ0v) is 23.2. The molecule has 0 saturated carbocycles. The van der Waals surface area contributed by atoms with Gasteiger partial charge in [0.15, 0.2) is 24.2 Å². The largest absolute Gasteiger partial charge is 0.453 e. The number of amides is 1. The van der Waals surface area contributed by atoms with E-state index in [9.17, 15) is 14.7 Å². The van der Waals surface area contributed by atoms with Crippen LogP contribution in [0.5, 0.6) is 0 Å². The summed E-state index contributed by atoms with van der Waals surface area (Å²) in [4.78, 5) is 38.7. The maximum Gasteiger partial charge on any atom is 0.338 e. The van der Waals surface area contributed by atoms with E-state index in [1.54, 1.807) is 66.4 Å². The van der Waals surface area contributed by atoms with Crippen LogP contribution in [0.3, 0.4) is 0 Å². The number of nitrogens with zero attached hydrogens (tertiary/aromatic N) is 6. The highest BCUT2D eigenvalue weighted by molar-refractivity contribution is 6.67. The zero-order valence-electron chi connectivity index (χ0n) is 22.5. The van der Waals surface area contributed by atoms with Gasteiger partial charge in [-0.25, -0.2) is 4.79 Å². The first-order valence-electron chi connectivity index (χ1n) is 13.8. The Morgan fingerprint density at radius 1 is 1.02 bits per heavy atom. The van der Waals surface area contributed by atoms with Crippen LogP contribution in [-0.2, 0) is 9.47 Å². The van der Waals surface area contributed by atoms with Crippen molar-refractivity contribution in [2.75, 3.05) is 13.1 Å². The Hall–Kier alpha value is -3.80. The van der Waals surface area contributed by atoms with Crippen molar-refractivity contribution in [3.05, 3.63) is 71.8 Å². The van der Waals surface area contributed by atoms with Crippen molar-refractivity contribution in [3.63, 3.8) is 0 Å². The Balaban J connectivity index is 1.30. The van der Waals surface area contributed by atoms with E-state index in [-0.39, 0.29) is 11.2 Å². The molecule has 0 bridgehead atoms. The number of carbonyl (C=O) groups excluding carboxylic acids is 2. The summed E-state index contributed by atoms with van der Waals surface area (Å²) in [5, 5.41) is 18.1. The van der Waals surface area contributed by atoms with Crippen LogP contribution < -0.4 is 0 Å². The fraction of sp³-hybridized carbons (Fsp3) is 0.414. The van der Waals surface area contributed by atoms with Crippen molar-refractivity contribution in [3.8, 4) is 0 Å². The summed E-state index contributed by atoms with van der Waals surface area (Å²) in [5.74, 6) is -0.566. The molecule has 0 aliphatic carbocycles. The summed E-state index contributed by atoms with van der Waals surface area (Å²) < 4.78 is 11.8. The molecule has 6 atom stereocenters. The van der Waals surface area contributed by atoms with E-state index < -0.39 is 42.7 Å². The number of ether oxygens (including phenoxy) is 2. The number of benzene rings is 2. The highest BCUT2D eigenvalue weighted by Crippen LogP contribution is 2.35. The number of rotatable bonds is 5. The number of aliphatic hydroxyl groups is 1. The highest BCUT2D eigenvalue weighted by Gasteiger charge is 2.54. The molecule has 0 spiro atoms. The predicted octanol–water partition coefficient (Wildman–Crippen LogP) is 2.91. The van der Waals surface area contributed by atoms with Crippen molar-refractivity contribution >= 4 is 40.9 Å². The summed E-state index contributed by atoms with van der Waals surface area (Å²) in [5.41, 5.74) is 0.783. The molecule has 2 aromatic carbocycles. The number of carbonyl (C=O) groups is 2. The second-order valence-electron chi connectivity index (χ2n) is 10.4. The first-order chi connectivity index (χ1) is 19.9. The smallest absolute Gasteiger partial charge is 0.338 e. The third-order valence-corrected chi connectivity index (χ3v) is 7.96. The van der Waals surface area contributed by atoms with E-state index in [1.807, 2.05) is 11.1 Å². The summed E-state index contributed by atoms with van der Waals surface area (Å²) in [7, 11) is 0. The minimum Gasteiger partial charge on any atom is -0.453 e. The Labute approximate surface area is 242 Å². The molecular weight excluding hydrogens is 548 g/mol. The molecule has 214 valence electrons. The van der Waals surface area contributed by atoms with Gasteiger partial charge < -0.3 is 19.5 Å². The molecule has 0 aromatic heterocycles. The van der Waals surface area contributed by atoms with Gasteiger partial charge in [0, 0.05) is 18.7 Å². The number of fused-ring (bicyclic) bond motifs is 1. The van der Waals surface area contributed by atoms with Crippen molar-refractivity contribution in [2.45, 2.75) is 62.9 Å². The molecular formula is C29H31ClN6O5. The lowest BCUT2D eigenvalue weighted by Gasteiger charge is -2.41. The molecule has 2 aromatic rings. The zero-order chi connectivity index (χ0) is 28.5. The molecule has 1 N–H and O–H groups in total. The summed E-state index contributed by atoms with van der Waals surface area (Å²) in [6.45, 7) is 3.32. The summed E-state index contributed by atoms with van der Waals surface area (Å²) in [6.07, 6.45) is 0.104. The molecule has 0 radical (unpaired) electrons. The number of halogens is 1. The maximum atomic E-state index is 13.8. The van der Waals surface area contributed by atoms with E-state index in [2.05, 4.69) is 9.98 Å². The minimum absolute atomic E-state index is 0.0565. The molecule has 2 saturated heterocycles. The SMILES string of the molecule is C[C@H]1O[C@@H](N2C=NC3C(=NN4CCCCC4)N=C(Cl)N(C(=O)c4ccccc4)C32)[C@H](O)[C@@H]1OC(=O)c1ccccc1. The summed E-state index contributed by atoms with van der Waals surface area (Å²) >= 11 is 6.71. The van der Waals surface area contributed by atoms with Crippen LogP contribution in [-0.4, -0.2) is 99.1 Å². The van der Waals surface area contributed by atoms with E-state index in [0.29, 0.717) is 17.0 Å². The van der Waals surface area contributed by atoms with Crippen LogP contribution in [0.25, 0.3) is 0 Å². The number of amidine groups is 2. The number of hydrazone groups is 1. The minimum atomic E-state index is -1.24. The third kappa shape index (κ3) is 5.32. The van der Waals surface area contributed by atoms with E-state index in [4.69, 9.17) is 26.2 Å². The number of aliphatic hydroxyl groups excluding tert-OH is 1. The second-order valence-corrected chi connectivity index (χ2v) is 10.8. The average molecular weight is 579 g/mol. The van der Waals surface area contributed by atoms with Crippen molar-refractivity contribution < 1.29 is 24.2 Å². The highest BCUT2D eigenvalue weighted by atomic mass is 35.5. The van der Waals surface area contributed by atoms with Gasteiger partial charge in [-0.1, -0.05) is 36.4 Å². The molecule has 11 nitrogen and oxygen atoms in total. The van der Waals surface area contributed by atoms with E-state index in [1.165, 1.54) is 11.2 Å². The lowest BCUT2D eigenvalue weighted by molar-refractivity contribution is -0.0780. The first kappa shape index (κ1) is 27.4. The summed E-state index contributed by atoms with van der Waals surface area (Å²) in [6, 6.07) is 16.6. The van der Waals surface area contributed by atoms with Crippen LogP contribution in [0.1, 0.15) is 46.9 Å². The average Bonchev–Trinajstić information content (AvgIpc) is 3.55. The number of aliphatic imine (C=N–C) groups is 2. The van der Waals surface area contributed by atoms with Crippen LogP contribution in [0.2, 0.25) is 0 Å². The van der Waals surface area contributed by atoms with Crippen molar-refractivity contribution in [1.29, 1.82) is 0 Å². The Kier molecular flexibility index (Phi) is 7.74. The van der Waals surface area contributed by atoms with E-state index >= 15 is 0 Å². The Bertz CT molecular complexity index is 1370. The number of hydrogen-bond acceptors (Lipinski definition) is 9. The van der Waals surface area contributed by atoms with Gasteiger partial charge in [-0.2, -0.15) is 10.1 Å². The Morgan fingerprint density at radius 3 is 2.37 bits per heavy atom. The monoisotopic (exact) mass is 578 g/mol. The lowest BCUT2D eigenvalue weighted by atomic mass is 10.1. The molecule has 1 amide bonds.